The molecule has 0 aliphatic heterocycles. The second-order valence-corrected chi connectivity index (χ2v) is 7.81. The van der Waals surface area contributed by atoms with E-state index in [9.17, 15) is 4.79 Å². The van der Waals surface area contributed by atoms with Gasteiger partial charge in [0.2, 0.25) is 0 Å². The van der Waals surface area contributed by atoms with Gasteiger partial charge in [0.15, 0.2) is 6.10 Å². The maximum atomic E-state index is 12.3. The Balaban J connectivity index is 1.74. The van der Waals surface area contributed by atoms with Crippen LogP contribution < -0.4 is 10.1 Å². The summed E-state index contributed by atoms with van der Waals surface area (Å²) >= 11 is 13.8. The van der Waals surface area contributed by atoms with Crippen LogP contribution >= 0.6 is 35.0 Å². The third-order valence-corrected chi connectivity index (χ3v) is 5.44. The molecule has 2 aromatic carbocycles. The van der Waals surface area contributed by atoms with Crippen molar-refractivity contribution in [3.05, 3.63) is 63.6 Å². The number of ether oxygens (including phenoxy) is 1. The smallest absolute Gasteiger partial charge is 0.261 e. The van der Waals surface area contributed by atoms with Gasteiger partial charge in [-0.2, -0.15) is 11.8 Å². The number of halogens is 2. The number of hydrogen-bond donors (Lipinski definition) is 1. The van der Waals surface area contributed by atoms with Crippen molar-refractivity contribution >= 4 is 40.9 Å². The molecule has 0 aliphatic carbocycles. The van der Waals surface area contributed by atoms with E-state index in [1.165, 1.54) is 0 Å². The van der Waals surface area contributed by atoms with Crippen molar-refractivity contribution in [2.45, 2.75) is 32.1 Å². The van der Waals surface area contributed by atoms with Gasteiger partial charge in [-0.25, -0.2) is 0 Å². The zero-order valence-electron chi connectivity index (χ0n) is 14.9. The first-order chi connectivity index (χ1) is 12.5. The molecule has 1 amide bonds. The molecule has 2 rings (SSSR count). The number of carbonyl (C=O) groups excluding carboxylic acids is 1. The average Bonchev–Trinajstić information content (AvgIpc) is 2.62. The monoisotopic (exact) mass is 411 g/mol. The summed E-state index contributed by atoms with van der Waals surface area (Å²) in [5, 5.41) is 4.25. The zero-order valence-corrected chi connectivity index (χ0v) is 17.3. The molecule has 0 fully saturated rings. The molecule has 0 heterocycles. The zero-order chi connectivity index (χ0) is 18.9. The van der Waals surface area contributed by atoms with E-state index in [2.05, 4.69) is 5.32 Å². The molecule has 140 valence electrons. The number of rotatable bonds is 9. The van der Waals surface area contributed by atoms with Crippen molar-refractivity contribution in [3.63, 3.8) is 0 Å². The molecule has 3 nitrogen and oxygen atoms in total. The van der Waals surface area contributed by atoms with Crippen LogP contribution in [-0.2, 0) is 10.5 Å². The minimum absolute atomic E-state index is 0.0825. The Hall–Kier alpha value is -1.36. The highest BCUT2D eigenvalue weighted by Crippen LogP contribution is 2.24. The van der Waals surface area contributed by atoms with Crippen LogP contribution in [-0.4, -0.2) is 24.3 Å². The molecule has 0 spiro atoms. The number of benzene rings is 2. The Labute approximate surface area is 169 Å². The van der Waals surface area contributed by atoms with Gasteiger partial charge >= 0.3 is 0 Å². The number of amides is 1. The fourth-order valence-corrected chi connectivity index (χ4v) is 3.76. The first-order valence-corrected chi connectivity index (χ1v) is 10.4. The maximum absolute atomic E-state index is 12.3. The van der Waals surface area contributed by atoms with Crippen LogP contribution in [0, 0.1) is 6.92 Å². The SMILES string of the molecule is CC[C@H](Oc1ccccc1C)C(=O)NCCSCc1ccc(Cl)cc1Cl. The molecule has 0 aliphatic rings. The van der Waals surface area contributed by atoms with Crippen LogP contribution in [0.25, 0.3) is 0 Å². The highest BCUT2D eigenvalue weighted by Gasteiger charge is 2.18. The number of nitrogens with one attached hydrogen (secondary N) is 1. The summed E-state index contributed by atoms with van der Waals surface area (Å²) in [7, 11) is 0. The maximum Gasteiger partial charge on any atom is 0.261 e. The number of thioether (sulfide) groups is 1. The first kappa shape index (κ1) is 20.9. The van der Waals surface area contributed by atoms with Gasteiger partial charge in [0.1, 0.15) is 5.75 Å². The largest absolute Gasteiger partial charge is 0.480 e. The fourth-order valence-electron chi connectivity index (χ4n) is 2.35. The van der Waals surface area contributed by atoms with E-state index in [4.69, 9.17) is 27.9 Å². The lowest BCUT2D eigenvalue weighted by Gasteiger charge is -2.18. The summed E-state index contributed by atoms with van der Waals surface area (Å²) in [4.78, 5) is 12.3. The van der Waals surface area contributed by atoms with Crippen molar-refractivity contribution in [2.75, 3.05) is 12.3 Å². The Bertz CT molecular complexity index is 740. The molecule has 0 aromatic heterocycles. The highest BCUT2D eigenvalue weighted by atomic mass is 35.5. The van der Waals surface area contributed by atoms with Gasteiger partial charge in [0, 0.05) is 28.1 Å². The van der Waals surface area contributed by atoms with Gasteiger partial charge < -0.3 is 10.1 Å². The average molecular weight is 412 g/mol. The van der Waals surface area contributed by atoms with Crippen molar-refractivity contribution in [1.82, 2.24) is 5.32 Å². The van der Waals surface area contributed by atoms with Crippen LogP contribution in [0.3, 0.4) is 0 Å². The molecular formula is C20H23Cl2NO2S. The summed E-state index contributed by atoms with van der Waals surface area (Å²) in [6.07, 6.45) is 0.139. The molecule has 6 heteroatoms. The lowest BCUT2D eigenvalue weighted by Crippen LogP contribution is -2.39. The number of aryl methyl sites for hydroxylation is 1. The normalized spacial score (nSPS) is 11.8. The van der Waals surface area contributed by atoms with E-state index in [0.29, 0.717) is 23.0 Å². The van der Waals surface area contributed by atoms with Crippen molar-refractivity contribution in [2.24, 2.45) is 0 Å². The summed E-state index contributed by atoms with van der Waals surface area (Å²) < 4.78 is 5.86. The van der Waals surface area contributed by atoms with Crippen molar-refractivity contribution in [3.8, 4) is 5.75 Å². The predicted octanol–water partition coefficient (Wildman–Crippen LogP) is 5.51. The Morgan fingerprint density at radius 2 is 2.00 bits per heavy atom. The molecule has 1 atom stereocenters. The second-order valence-electron chi connectivity index (χ2n) is 5.86. The van der Waals surface area contributed by atoms with Crippen molar-refractivity contribution < 1.29 is 9.53 Å². The summed E-state index contributed by atoms with van der Waals surface area (Å²) in [6.45, 7) is 4.50. The van der Waals surface area contributed by atoms with E-state index < -0.39 is 6.10 Å². The molecule has 0 saturated heterocycles. The number of hydrogen-bond acceptors (Lipinski definition) is 3. The third-order valence-electron chi connectivity index (χ3n) is 3.84. The van der Waals surface area contributed by atoms with Gasteiger partial charge in [0.05, 0.1) is 0 Å². The first-order valence-electron chi connectivity index (χ1n) is 8.53. The predicted molar refractivity (Wildman–Crippen MR) is 112 cm³/mol. The molecule has 2 aromatic rings. The molecule has 0 bridgehead atoms. The Morgan fingerprint density at radius 1 is 1.23 bits per heavy atom. The standard InChI is InChI=1S/C20H23Cl2NO2S/c1-3-18(25-19-7-5-4-6-14(19)2)20(24)23-10-11-26-13-15-8-9-16(21)12-17(15)22/h4-9,12,18H,3,10-11,13H2,1-2H3,(H,23,24)/t18-/m0/s1. The fraction of sp³-hybridized carbons (Fsp3) is 0.350. The summed E-state index contributed by atoms with van der Waals surface area (Å²) in [5.41, 5.74) is 2.07. The van der Waals surface area contributed by atoms with Gasteiger partial charge in [0.25, 0.3) is 5.91 Å². The number of carbonyl (C=O) groups is 1. The molecule has 0 radical (unpaired) electrons. The molecule has 26 heavy (non-hydrogen) atoms. The van der Waals surface area contributed by atoms with Crippen LogP contribution in [0.1, 0.15) is 24.5 Å². The van der Waals surface area contributed by atoms with Crippen LogP contribution in [0.4, 0.5) is 0 Å². The quantitative estimate of drug-likeness (QED) is 0.552. The van der Waals surface area contributed by atoms with Crippen LogP contribution in [0.5, 0.6) is 5.75 Å². The summed E-state index contributed by atoms with van der Waals surface area (Å²) in [6, 6.07) is 13.2. The molecule has 0 unspecified atom stereocenters. The van der Waals surface area contributed by atoms with E-state index in [-0.39, 0.29) is 5.91 Å². The van der Waals surface area contributed by atoms with Gasteiger partial charge in [-0.15, -0.1) is 0 Å². The molecule has 0 saturated carbocycles. The number of para-hydroxylation sites is 1. The van der Waals surface area contributed by atoms with E-state index in [1.807, 2.05) is 50.2 Å². The minimum atomic E-state index is -0.480. The van der Waals surface area contributed by atoms with E-state index in [0.717, 1.165) is 28.4 Å². The third kappa shape index (κ3) is 6.42. The summed E-state index contributed by atoms with van der Waals surface area (Å²) in [5.74, 6) is 2.25. The van der Waals surface area contributed by atoms with Gasteiger partial charge in [-0.05, 0) is 42.7 Å². The lowest BCUT2D eigenvalue weighted by molar-refractivity contribution is -0.128. The van der Waals surface area contributed by atoms with Crippen LogP contribution in [0.15, 0.2) is 42.5 Å². The van der Waals surface area contributed by atoms with Gasteiger partial charge in [-0.3, -0.25) is 4.79 Å². The van der Waals surface area contributed by atoms with Crippen molar-refractivity contribution in [1.29, 1.82) is 0 Å². The molecular weight excluding hydrogens is 389 g/mol. The lowest BCUT2D eigenvalue weighted by atomic mass is 10.2. The highest BCUT2D eigenvalue weighted by molar-refractivity contribution is 7.98. The second kappa shape index (κ2) is 10.7. The molecule has 1 N–H and O–H groups in total. The van der Waals surface area contributed by atoms with Crippen LogP contribution in [0.2, 0.25) is 10.0 Å². The topological polar surface area (TPSA) is 38.3 Å². The Kier molecular flexibility index (Phi) is 8.63. The Morgan fingerprint density at radius 3 is 2.69 bits per heavy atom. The minimum Gasteiger partial charge on any atom is -0.480 e. The van der Waals surface area contributed by atoms with E-state index in [1.54, 1.807) is 17.8 Å². The van der Waals surface area contributed by atoms with Gasteiger partial charge in [-0.1, -0.05) is 54.4 Å². The van der Waals surface area contributed by atoms with E-state index >= 15 is 0 Å².